The quantitative estimate of drug-likeness (QED) is 0.857. The molecule has 0 bridgehead atoms. The number of hydrogen-bond donors (Lipinski definition) is 1. The van der Waals surface area contributed by atoms with Gasteiger partial charge in [0.15, 0.2) is 0 Å². The summed E-state index contributed by atoms with van der Waals surface area (Å²) in [6.07, 6.45) is 0. The van der Waals surface area contributed by atoms with Crippen molar-refractivity contribution in [2.75, 3.05) is 7.11 Å². The summed E-state index contributed by atoms with van der Waals surface area (Å²) < 4.78 is 10.3. The number of hydrogen-bond acceptors (Lipinski definition) is 4. The van der Waals surface area contributed by atoms with E-state index in [1.54, 1.807) is 36.4 Å². The van der Waals surface area contributed by atoms with E-state index >= 15 is 0 Å². The first-order valence-corrected chi connectivity index (χ1v) is 5.79. The maximum absolute atomic E-state index is 11.8. The Balaban J connectivity index is 2.09. The molecule has 0 radical (unpaired) electrons. The van der Waals surface area contributed by atoms with Gasteiger partial charge in [-0.15, -0.1) is 0 Å². The van der Waals surface area contributed by atoms with E-state index in [2.05, 4.69) is 0 Å². The predicted molar refractivity (Wildman–Crippen MR) is 70.2 cm³/mol. The maximum Gasteiger partial charge on any atom is 0.338 e. The van der Waals surface area contributed by atoms with E-state index in [1.807, 2.05) is 6.07 Å². The largest absolute Gasteiger partial charge is 0.507 e. The fourth-order valence-electron chi connectivity index (χ4n) is 1.69. The summed E-state index contributed by atoms with van der Waals surface area (Å²) in [5, 5.41) is 9.73. The molecule has 2 aromatic carbocycles. The Bertz CT molecular complexity index is 564. The lowest BCUT2D eigenvalue weighted by molar-refractivity contribution is 0.0468. The van der Waals surface area contributed by atoms with Crippen molar-refractivity contribution in [1.29, 1.82) is 0 Å². The van der Waals surface area contributed by atoms with Crippen LogP contribution >= 0.6 is 0 Å². The third kappa shape index (κ3) is 3.04. The van der Waals surface area contributed by atoms with Crippen LogP contribution in [0.4, 0.5) is 0 Å². The molecule has 0 heterocycles. The molecule has 1 N–H and O–H groups in total. The zero-order valence-corrected chi connectivity index (χ0v) is 10.5. The van der Waals surface area contributed by atoms with E-state index < -0.39 is 5.97 Å². The lowest BCUT2D eigenvalue weighted by Crippen LogP contribution is -2.06. The van der Waals surface area contributed by atoms with E-state index in [9.17, 15) is 9.90 Å². The summed E-state index contributed by atoms with van der Waals surface area (Å²) in [7, 11) is 1.50. The van der Waals surface area contributed by atoms with Crippen LogP contribution in [0.15, 0.2) is 48.5 Å². The lowest BCUT2D eigenvalue weighted by atomic mass is 10.2. The average Bonchev–Trinajstić information content (AvgIpc) is 2.46. The molecule has 0 saturated carbocycles. The lowest BCUT2D eigenvalue weighted by Gasteiger charge is -2.10. The minimum Gasteiger partial charge on any atom is -0.507 e. The van der Waals surface area contributed by atoms with Crippen molar-refractivity contribution in [3.8, 4) is 11.5 Å². The Morgan fingerprint density at radius 1 is 1.11 bits per heavy atom. The van der Waals surface area contributed by atoms with Gasteiger partial charge in [0.2, 0.25) is 0 Å². The third-order valence-electron chi connectivity index (χ3n) is 2.69. The molecule has 0 aliphatic carbocycles. The Morgan fingerprint density at radius 2 is 1.84 bits per heavy atom. The number of rotatable bonds is 4. The molecule has 2 rings (SSSR count). The molecule has 19 heavy (non-hydrogen) atoms. The molecule has 0 atom stereocenters. The molecule has 0 unspecified atom stereocenters. The molecule has 0 aliphatic rings. The second-order valence-corrected chi connectivity index (χ2v) is 3.90. The van der Waals surface area contributed by atoms with Gasteiger partial charge in [0.1, 0.15) is 18.1 Å². The molecule has 4 nitrogen and oxygen atoms in total. The first-order chi connectivity index (χ1) is 9.22. The van der Waals surface area contributed by atoms with Crippen LogP contribution in [0.5, 0.6) is 11.5 Å². The normalized spacial score (nSPS) is 9.95. The standard InChI is InChI=1S/C15H14O4/c1-18-14-9-5-8-13(16)12(14)10-19-15(17)11-6-3-2-4-7-11/h2-9,16H,10H2,1H3. The number of benzene rings is 2. The van der Waals surface area contributed by atoms with Gasteiger partial charge >= 0.3 is 5.97 Å². The third-order valence-corrected chi connectivity index (χ3v) is 2.69. The first kappa shape index (κ1) is 13.0. The summed E-state index contributed by atoms with van der Waals surface area (Å²) in [5.41, 5.74) is 0.922. The van der Waals surface area contributed by atoms with Crippen molar-refractivity contribution in [1.82, 2.24) is 0 Å². The Labute approximate surface area is 111 Å². The molecule has 4 heteroatoms. The predicted octanol–water partition coefficient (Wildman–Crippen LogP) is 2.76. The highest BCUT2D eigenvalue weighted by Gasteiger charge is 2.12. The number of carbonyl (C=O) groups excluding carboxylic acids is 1. The van der Waals surface area contributed by atoms with Crippen molar-refractivity contribution in [3.63, 3.8) is 0 Å². The van der Waals surface area contributed by atoms with Gasteiger partial charge in [-0.3, -0.25) is 0 Å². The molecular formula is C15H14O4. The summed E-state index contributed by atoms with van der Waals surface area (Å²) in [6, 6.07) is 13.6. The monoisotopic (exact) mass is 258 g/mol. The molecule has 0 aromatic heterocycles. The summed E-state index contributed by atoms with van der Waals surface area (Å²) in [5.74, 6) is 0.0898. The van der Waals surface area contributed by atoms with Gasteiger partial charge in [-0.2, -0.15) is 0 Å². The number of phenolic OH excluding ortho intramolecular Hbond substituents is 1. The summed E-state index contributed by atoms with van der Waals surface area (Å²) in [4.78, 5) is 11.8. The van der Waals surface area contributed by atoms with E-state index in [-0.39, 0.29) is 12.4 Å². The molecule has 0 fully saturated rings. The van der Waals surface area contributed by atoms with Gasteiger partial charge in [0, 0.05) is 0 Å². The van der Waals surface area contributed by atoms with Gasteiger partial charge in [-0.25, -0.2) is 4.79 Å². The highest BCUT2D eigenvalue weighted by atomic mass is 16.5. The van der Waals surface area contributed by atoms with Crippen molar-refractivity contribution in [3.05, 3.63) is 59.7 Å². The molecule has 0 amide bonds. The first-order valence-electron chi connectivity index (χ1n) is 5.79. The zero-order valence-electron chi connectivity index (χ0n) is 10.5. The minimum absolute atomic E-state index is 0.0381. The number of esters is 1. The second kappa shape index (κ2) is 5.91. The van der Waals surface area contributed by atoms with E-state index in [0.29, 0.717) is 16.9 Å². The minimum atomic E-state index is -0.439. The average molecular weight is 258 g/mol. The number of ether oxygens (including phenoxy) is 2. The summed E-state index contributed by atoms with van der Waals surface area (Å²) >= 11 is 0. The Morgan fingerprint density at radius 3 is 2.53 bits per heavy atom. The summed E-state index contributed by atoms with van der Waals surface area (Å²) in [6.45, 7) is -0.0381. The van der Waals surface area contributed by atoms with Gasteiger partial charge < -0.3 is 14.6 Å². The van der Waals surface area contributed by atoms with Crippen LogP contribution in [0.1, 0.15) is 15.9 Å². The van der Waals surface area contributed by atoms with Crippen LogP contribution < -0.4 is 4.74 Å². The van der Waals surface area contributed by atoms with Crippen molar-refractivity contribution >= 4 is 5.97 Å². The van der Waals surface area contributed by atoms with Crippen LogP contribution in [0.25, 0.3) is 0 Å². The fraction of sp³-hybridized carbons (Fsp3) is 0.133. The SMILES string of the molecule is COc1cccc(O)c1COC(=O)c1ccccc1. The number of phenols is 1. The van der Waals surface area contributed by atoms with Crippen LogP contribution in [-0.2, 0) is 11.3 Å². The molecule has 0 saturated heterocycles. The number of aromatic hydroxyl groups is 1. The second-order valence-electron chi connectivity index (χ2n) is 3.90. The van der Waals surface area contributed by atoms with E-state index in [1.165, 1.54) is 13.2 Å². The van der Waals surface area contributed by atoms with Crippen molar-refractivity contribution in [2.45, 2.75) is 6.61 Å². The molecular weight excluding hydrogens is 244 g/mol. The Hall–Kier alpha value is -2.49. The number of methoxy groups -OCH3 is 1. The molecule has 0 aliphatic heterocycles. The molecule has 0 spiro atoms. The highest BCUT2D eigenvalue weighted by molar-refractivity contribution is 5.89. The van der Waals surface area contributed by atoms with Crippen LogP contribution in [0.3, 0.4) is 0 Å². The Kier molecular flexibility index (Phi) is 4.03. The molecule has 98 valence electrons. The van der Waals surface area contributed by atoms with E-state index in [0.717, 1.165) is 0 Å². The zero-order chi connectivity index (χ0) is 13.7. The van der Waals surface area contributed by atoms with Crippen molar-refractivity contribution < 1.29 is 19.4 Å². The highest BCUT2D eigenvalue weighted by Crippen LogP contribution is 2.28. The topological polar surface area (TPSA) is 55.8 Å². The van der Waals surface area contributed by atoms with Crippen LogP contribution in [0.2, 0.25) is 0 Å². The van der Waals surface area contributed by atoms with Crippen LogP contribution in [0, 0.1) is 0 Å². The van der Waals surface area contributed by atoms with E-state index in [4.69, 9.17) is 9.47 Å². The van der Waals surface area contributed by atoms with Gasteiger partial charge in [-0.05, 0) is 24.3 Å². The van der Waals surface area contributed by atoms with Gasteiger partial charge in [0.05, 0.1) is 18.2 Å². The fourth-order valence-corrected chi connectivity index (χ4v) is 1.69. The van der Waals surface area contributed by atoms with Crippen LogP contribution in [-0.4, -0.2) is 18.2 Å². The maximum atomic E-state index is 11.8. The molecule has 2 aromatic rings. The van der Waals surface area contributed by atoms with Gasteiger partial charge in [-0.1, -0.05) is 24.3 Å². The smallest absolute Gasteiger partial charge is 0.338 e. The van der Waals surface area contributed by atoms with Gasteiger partial charge in [0.25, 0.3) is 0 Å². The number of carbonyl (C=O) groups is 1. The van der Waals surface area contributed by atoms with Crippen molar-refractivity contribution in [2.24, 2.45) is 0 Å².